The molecular weight excluding hydrogens is 376 g/mol. The van der Waals surface area contributed by atoms with Gasteiger partial charge in [0.1, 0.15) is 4.99 Å². The van der Waals surface area contributed by atoms with Gasteiger partial charge in [-0.3, -0.25) is 0 Å². The smallest absolute Gasteiger partial charge is 0.106 e. The lowest BCUT2D eigenvalue weighted by atomic mass is 10.1. The van der Waals surface area contributed by atoms with Gasteiger partial charge in [0.25, 0.3) is 0 Å². The van der Waals surface area contributed by atoms with Crippen LogP contribution in [0.2, 0.25) is 0 Å². The van der Waals surface area contributed by atoms with Crippen LogP contribution in [0, 0.1) is 0 Å². The van der Waals surface area contributed by atoms with Crippen LogP contribution in [0.15, 0.2) is 51.4 Å². The summed E-state index contributed by atoms with van der Waals surface area (Å²) in [5.74, 6) is 0. The normalized spacial score (nSPS) is 10.1. The summed E-state index contributed by atoms with van der Waals surface area (Å²) in [6, 6.07) is 13.6. The van der Waals surface area contributed by atoms with Crippen molar-refractivity contribution in [2.24, 2.45) is 5.73 Å². The van der Waals surface area contributed by atoms with Crippen molar-refractivity contribution in [1.29, 1.82) is 0 Å². The van der Waals surface area contributed by atoms with E-state index in [1.807, 2.05) is 42.5 Å². The third-order valence-electron chi connectivity index (χ3n) is 2.39. The van der Waals surface area contributed by atoms with E-state index >= 15 is 0 Å². The van der Waals surface area contributed by atoms with Crippen LogP contribution < -0.4 is 11.1 Å². The van der Waals surface area contributed by atoms with Gasteiger partial charge in [0.05, 0.1) is 5.69 Å². The molecule has 0 aliphatic heterocycles. The fourth-order valence-corrected chi connectivity index (χ4v) is 2.87. The van der Waals surface area contributed by atoms with E-state index in [2.05, 4.69) is 37.2 Å². The minimum Gasteiger partial charge on any atom is -0.389 e. The highest BCUT2D eigenvalue weighted by Crippen LogP contribution is 2.30. The summed E-state index contributed by atoms with van der Waals surface area (Å²) in [7, 11) is 0. The average molecular weight is 386 g/mol. The van der Waals surface area contributed by atoms with Crippen LogP contribution in [0.3, 0.4) is 0 Å². The molecule has 0 aromatic heterocycles. The number of hydrogen-bond donors (Lipinski definition) is 2. The van der Waals surface area contributed by atoms with Crippen molar-refractivity contribution in [2.45, 2.75) is 0 Å². The van der Waals surface area contributed by atoms with Crippen LogP contribution in [-0.2, 0) is 0 Å². The van der Waals surface area contributed by atoms with Crippen molar-refractivity contribution in [3.8, 4) is 0 Å². The van der Waals surface area contributed by atoms with Crippen molar-refractivity contribution in [3.63, 3.8) is 0 Å². The number of halogens is 2. The summed E-state index contributed by atoms with van der Waals surface area (Å²) in [6.07, 6.45) is 0. The van der Waals surface area contributed by atoms with Gasteiger partial charge in [-0.25, -0.2) is 0 Å². The molecule has 2 aromatic rings. The zero-order valence-electron chi connectivity index (χ0n) is 9.28. The maximum Gasteiger partial charge on any atom is 0.106 e. The third kappa shape index (κ3) is 3.10. The minimum atomic E-state index is 0.381. The molecule has 0 amide bonds. The van der Waals surface area contributed by atoms with Gasteiger partial charge in [0.15, 0.2) is 0 Å². The Balaban J connectivity index is 2.37. The minimum absolute atomic E-state index is 0.381. The molecule has 3 N–H and O–H groups in total. The van der Waals surface area contributed by atoms with Gasteiger partial charge in [0, 0.05) is 20.2 Å². The van der Waals surface area contributed by atoms with Crippen LogP contribution in [0.1, 0.15) is 5.56 Å². The first-order chi connectivity index (χ1) is 8.58. The summed E-state index contributed by atoms with van der Waals surface area (Å²) >= 11 is 12.0. The Morgan fingerprint density at radius 1 is 1.06 bits per heavy atom. The molecule has 0 saturated carbocycles. The lowest BCUT2D eigenvalue weighted by molar-refractivity contribution is 1.49. The zero-order chi connectivity index (χ0) is 13.1. The Hall–Kier alpha value is -0.910. The maximum absolute atomic E-state index is 5.70. The number of para-hydroxylation sites is 1. The Labute approximate surface area is 128 Å². The molecule has 0 spiro atoms. The first-order valence-electron chi connectivity index (χ1n) is 5.19. The zero-order valence-corrected chi connectivity index (χ0v) is 13.3. The topological polar surface area (TPSA) is 38.0 Å². The molecule has 92 valence electrons. The molecule has 2 aromatic carbocycles. The number of nitrogens with two attached hydrogens (primary N) is 1. The Kier molecular flexibility index (Phi) is 4.37. The monoisotopic (exact) mass is 384 g/mol. The fourth-order valence-electron chi connectivity index (χ4n) is 1.54. The van der Waals surface area contributed by atoms with Crippen molar-refractivity contribution in [3.05, 3.63) is 57.0 Å². The second-order valence-corrected chi connectivity index (χ2v) is 5.87. The number of hydrogen-bond acceptors (Lipinski definition) is 2. The first-order valence-corrected chi connectivity index (χ1v) is 7.18. The van der Waals surface area contributed by atoms with Gasteiger partial charge in [0.2, 0.25) is 0 Å². The number of benzene rings is 2. The van der Waals surface area contributed by atoms with Gasteiger partial charge < -0.3 is 11.1 Å². The highest BCUT2D eigenvalue weighted by atomic mass is 79.9. The van der Waals surface area contributed by atoms with E-state index in [1.54, 1.807) is 0 Å². The molecule has 0 aliphatic carbocycles. The second-order valence-electron chi connectivity index (χ2n) is 3.66. The molecule has 0 heterocycles. The fraction of sp³-hybridized carbons (Fsp3) is 0. The molecule has 0 fully saturated rings. The van der Waals surface area contributed by atoms with E-state index in [9.17, 15) is 0 Å². The molecule has 0 atom stereocenters. The molecule has 18 heavy (non-hydrogen) atoms. The molecule has 0 bridgehead atoms. The number of rotatable bonds is 3. The van der Waals surface area contributed by atoms with Crippen molar-refractivity contribution in [1.82, 2.24) is 0 Å². The summed E-state index contributed by atoms with van der Waals surface area (Å²) in [6.45, 7) is 0. The molecule has 2 rings (SSSR count). The van der Waals surface area contributed by atoms with Crippen molar-refractivity contribution < 1.29 is 0 Å². The number of thiocarbonyl (C=S) groups is 1. The SMILES string of the molecule is NC(=S)c1ccccc1Nc1ccc(Br)cc1Br. The highest BCUT2D eigenvalue weighted by molar-refractivity contribution is 9.11. The van der Waals surface area contributed by atoms with Crippen LogP contribution in [0.4, 0.5) is 11.4 Å². The van der Waals surface area contributed by atoms with E-state index in [-0.39, 0.29) is 0 Å². The molecule has 0 saturated heterocycles. The summed E-state index contributed by atoms with van der Waals surface area (Å²) < 4.78 is 1.98. The van der Waals surface area contributed by atoms with E-state index in [0.717, 1.165) is 25.9 Å². The van der Waals surface area contributed by atoms with E-state index < -0.39 is 0 Å². The van der Waals surface area contributed by atoms with Crippen LogP contribution in [-0.4, -0.2) is 4.99 Å². The standard InChI is InChI=1S/C13H10Br2N2S/c14-8-5-6-12(10(15)7-8)17-11-4-2-1-3-9(11)13(16)18/h1-7,17H,(H2,16,18). The summed E-state index contributed by atoms with van der Waals surface area (Å²) in [5.41, 5.74) is 8.39. The number of nitrogens with one attached hydrogen (secondary N) is 1. The van der Waals surface area contributed by atoms with E-state index in [0.29, 0.717) is 4.99 Å². The Bertz CT molecular complexity index is 599. The molecule has 0 unspecified atom stereocenters. The largest absolute Gasteiger partial charge is 0.389 e. The average Bonchev–Trinajstić information content (AvgIpc) is 2.33. The van der Waals surface area contributed by atoms with Crippen molar-refractivity contribution >= 4 is 60.4 Å². The van der Waals surface area contributed by atoms with Crippen LogP contribution in [0.25, 0.3) is 0 Å². The van der Waals surface area contributed by atoms with Gasteiger partial charge in [-0.1, -0.05) is 40.3 Å². The predicted molar refractivity (Wildman–Crippen MR) is 87.5 cm³/mol. The molecule has 5 heteroatoms. The quantitative estimate of drug-likeness (QED) is 0.759. The molecule has 0 aliphatic rings. The van der Waals surface area contributed by atoms with E-state index in [4.69, 9.17) is 18.0 Å². The second kappa shape index (κ2) is 5.82. The van der Waals surface area contributed by atoms with Crippen LogP contribution >= 0.6 is 44.1 Å². The molecule has 0 radical (unpaired) electrons. The molecular formula is C13H10Br2N2S. The summed E-state index contributed by atoms with van der Waals surface area (Å²) in [5, 5.41) is 3.31. The van der Waals surface area contributed by atoms with Crippen LogP contribution in [0.5, 0.6) is 0 Å². The Morgan fingerprint density at radius 2 is 1.78 bits per heavy atom. The van der Waals surface area contributed by atoms with Crippen molar-refractivity contribution in [2.75, 3.05) is 5.32 Å². The number of anilines is 2. The van der Waals surface area contributed by atoms with Gasteiger partial charge in [-0.2, -0.15) is 0 Å². The van der Waals surface area contributed by atoms with E-state index in [1.165, 1.54) is 0 Å². The summed E-state index contributed by atoms with van der Waals surface area (Å²) in [4.78, 5) is 0.381. The van der Waals surface area contributed by atoms with Gasteiger partial charge >= 0.3 is 0 Å². The lowest BCUT2D eigenvalue weighted by Gasteiger charge is -2.12. The predicted octanol–water partition coefficient (Wildman–Crippen LogP) is 4.59. The Morgan fingerprint density at radius 3 is 2.44 bits per heavy atom. The highest BCUT2D eigenvalue weighted by Gasteiger charge is 2.06. The van der Waals surface area contributed by atoms with Gasteiger partial charge in [-0.15, -0.1) is 0 Å². The van der Waals surface area contributed by atoms with Gasteiger partial charge in [-0.05, 0) is 46.3 Å². The third-order valence-corrected chi connectivity index (χ3v) is 3.76. The maximum atomic E-state index is 5.70. The first kappa shape index (κ1) is 13.5. The lowest BCUT2D eigenvalue weighted by Crippen LogP contribution is -2.11. The molecule has 2 nitrogen and oxygen atoms in total.